The van der Waals surface area contributed by atoms with Gasteiger partial charge in [-0.25, -0.2) is 8.42 Å². The van der Waals surface area contributed by atoms with E-state index < -0.39 is 10.0 Å². The number of nitrogens with one attached hydrogen (secondary N) is 2. The third-order valence-corrected chi connectivity index (χ3v) is 6.26. The summed E-state index contributed by atoms with van der Waals surface area (Å²) in [6.07, 6.45) is 0. The van der Waals surface area contributed by atoms with Crippen molar-refractivity contribution in [2.24, 2.45) is 0 Å². The number of carbonyl (C=O) groups excluding carboxylic acids is 1. The predicted octanol–water partition coefficient (Wildman–Crippen LogP) is 5.70. The molecule has 5 nitrogen and oxygen atoms in total. The van der Waals surface area contributed by atoms with Gasteiger partial charge in [0.1, 0.15) is 4.90 Å². The summed E-state index contributed by atoms with van der Waals surface area (Å²) in [6, 6.07) is 17.4. The van der Waals surface area contributed by atoms with Crippen molar-refractivity contribution >= 4 is 62.1 Å². The fourth-order valence-electron chi connectivity index (χ4n) is 2.33. The van der Waals surface area contributed by atoms with Crippen molar-refractivity contribution in [3.8, 4) is 0 Å². The van der Waals surface area contributed by atoms with Crippen molar-refractivity contribution in [3.63, 3.8) is 0 Å². The van der Waals surface area contributed by atoms with Gasteiger partial charge in [0, 0.05) is 16.9 Å². The predicted molar refractivity (Wildman–Crippen MR) is 113 cm³/mol. The summed E-state index contributed by atoms with van der Waals surface area (Å²) in [5.74, 6) is -0.267. The third kappa shape index (κ3) is 4.77. The topological polar surface area (TPSA) is 75.3 Å². The molecule has 0 saturated heterocycles. The lowest BCUT2D eigenvalue weighted by atomic mass is 10.2. The number of hydrogen-bond donors (Lipinski definition) is 2. The van der Waals surface area contributed by atoms with Crippen LogP contribution >= 0.6 is 34.8 Å². The molecule has 0 heterocycles. The molecule has 0 radical (unpaired) electrons. The Balaban J connectivity index is 1.75. The highest BCUT2D eigenvalue weighted by atomic mass is 35.5. The molecule has 9 heteroatoms. The second-order valence-electron chi connectivity index (χ2n) is 5.70. The molecule has 144 valence electrons. The fourth-order valence-corrected chi connectivity index (χ4v) is 4.40. The van der Waals surface area contributed by atoms with E-state index in [1.807, 2.05) is 6.07 Å². The van der Waals surface area contributed by atoms with E-state index in [2.05, 4.69) is 10.0 Å². The maximum atomic E-state index is 12.6. The van der Waals surface area contributed by atoms with Crippen LogP contribution in [0.2, 0.25) is 15.1 Å². The zero-order valence-electron chi connectivity index (χ0n) is 14.1. The highest BCUT2D eigenvalue weighted by Gasteiger charge is 2.20. The Morgan fingerprint density at radius 3 is 1.96 bits per heavy atom. The van der Waals surface area contributed by atoms with Crippen LogP contribution < -0.4 is 10.0 Å². The highest BCUT2D eigenvalue weighted by molar-refractivity contribution is 7.92. The van der Waals surface area contributed by atoms with Gasteiger partial charge < -0.3 is 5.32 Å². The van der Waals surface area contributed by atoms with Crippen LogP contribution in [0.1, 0.15) is 10.4 Å². The molecule has 0 spiro atoms. The van der Waals surface area contributed by atoms with Crippen LogP contribution in [0.5, 0.6) is 0 Å². The van der Waals surface area contributed by atoms with Crippen molar-refractivity contribution in [2.45, 2.75) is 4.90 Å². The molecule has 0 aliphatic heterocycles. The monoisotopic (exact) mass is 454 g/mol. The number of amides is 1. The number of benzene rings is 3. The summed E-state index contributed by atoms with van der Waals surface area (Å²) in [6.45, 7) is 0. The van der Waals surface area contributed by atoms with E-state index in [-0.39, 0.29) is 25.9 Å². The molecule has 0 saturated carbocycles. The molecule has 3 aromatic rings. The van der Waals surface area contributed by atoms with Crippen molar-refractivity contribution in [2.75, 3.05) is 10.0 Å². The summed E-state index contributed by atoms with van der Waals surface area (Å²) in [7, 11) is -3.97. The molecule has 0 unspecified atom stereocenters. The van der Waals surface area contributed by atoms with E-state index in [0.29, 0.717) is 16.9 Å². The summed E-state index contributed by atoms with van der Waals surface area (Å²) < 4.78 is 27.5. The van der Waals surface area contributed by atoms with Crippen molar-refractivity contribution < 1.29 is 13.2 Å². The van der Waals surface area contributed by atoms with E-state index in [9.17, 15) is 13.2 Å². The van der Waals surface area contributed by atoms with Gasteiger partial charge in [-0.05, 0) is 48.5 Å². The Bertz CT molecular complexity index is 1120. The Morgan fingerprint density at radius 1 is 0.750 bits per heavy atom. The standard InChI is InChI=1S/C19H13Cl3N2O3S/c20-15-10-17(22)18(11-16(15)21)28(26,27)24-14-8-6-13(7-9-14)23-19(25)12-4-2-1-3-5-12/h1-11,24H,(H,23,25). The largest absolute Gasteiger partial charge is 0.322 e. The van der Waals surface area contributed by atoms with Gasteiger partial charge in [-0.1, -0.05) is 53.0 Å². The minimum Gasteiger partial charge on any atom is -0.322 e. The van der Waals surface area contributed by atoms with Crippen molar-refractivity contribution in [3.05, 3.63) is 87.4 Å². The van der Waals surface area contributed by atoms with Gasteiger partial charge in [0.2, 0.25) is 0 Å². The molecule has 2 N–H and O–H groups in total. The Morgan fingerprint density at radius 2 is 1.32 bits per heavy atom. The van der Waals surface area contributed by atoms with Crippen LogP contribution in [0.15, 0.2) is 71.6 Å². The Labute approximate surface area is 177 Å². The summed E-state index contributed by atoms with van der Waals surface area (Å²) >= 11 is 17.7. The van der Waals surface area contributed by atoms with E-state index in [1.165, 1.54) is 24.3 Å². The number of hydrogen-bond acceptors (Lipinski definition) is 3. The second-order valence-corrected chi connectivity index (χ2v) is 8.57. The van der Waals surface area contributed by atoms with Gasteiger partial charge >= 0.3 is 0 Å². The van der Waals surface area contributed by atoms with E-state index >= 15 is 0 Å². The van der Waals surface area contributed by atoms with Crippen molar-refractivity contribution in [1.82, 2.24) is 0 Å². The molecular weight excluding hydrogens is 443 g/mol. The van der Waals surface area contributed by atoms with Gasteiger partial charge in [0.15, 0.2) is 0 Å². The number of sulfonamides is 1. The molecule has 28 heavy (non-hydrogen) atoms. The van der Waals surface area contributed by atoms with Gasteiger partial charge in [0.25, 0.3) is 15.9 Å². The lowest BCUT2D eigenvalue weighted by Gasteiger charge is -2.11. The lowest BCUT2D eigenvalue weighted by Crippen LogP contribution is -2.14. The smallest absolute Gasteiger partial charge is 0.263 e. The van der Waals surface area contributed by atoms with Crippen molar-refractivity contribution in [1.29, 1.82) is 0 Å². The molecule has 0 aliphatic rings. The average molecular weight is 456 g/mol. The second kappa shape index (κ2) is 8.41. The Hall–Kier alpha value is -2.25. The van der Waals surface area contributed by atoms with Crippen LogP contribution in [0.25, 0.3) is 0 Å². The average Bonchev–Trinajstić information content (AvgIpc) is 2.66. The van der Waals surface area contributed by atoms with Gasteiger partial charge in [-0.2, -0.15) is 0 Å². The van der Waals surface area contributed by atoms with Gasteiger partial charge in [0.05, 0.1) is 15.1 Å². The normalized spacial score (nSPS) is 11.1. The molecule has 1 amide bonds. The summed E-state index contributed by atoms with van der Waals surface area (Å²) in [5, 5.41) is 2.92. The zero-order chi connectivity index (χ0) is 20.3. The number of rotatable bonds is 5. The molecule has 3 rings (SSSR count). The van der Waals surface area contributed by atoms with Crippen LogP contribution in [-0.4, -0.2) is 14.3 Å². The van der Waals surface area contributed by atoms with E-state index in [1.54, 1.807) is 36.4 Å². The molecule has 0 aromatic heterocycles. The number of halogens is 3. The first-order valence-corrected chi connectivity index (χ1v) is 10.5. The minimum absolute atomic E-state index is 0.0476. The molecule has 0 fully saturated rings. The summed E-state index contributed by atoms with van der Waals surface area (Å²) in [4.78, 5) is 12.0. The first kappa shape index (κ1) is 20.5. The Kier molecular flexibility index (Phi) is 6.15. The maximum absolute atomic E-state index is 12.6. The van der Waals surface area contributed by atoms with E-state index in [0.717, 1.165) is 0 Å². The van der Waals surface area contributed by atoms with Gasteiger partial charge in [-0.15, -0.1) is 0 Å². The van der Waals surface area contributed by atoms with Gasteiger partial charge in [-0.3, -0.25) is 9.52 Å². The number of anilines is 2. The highest BCUT2D eigenvalue weighted by Crippen LogP contribution is 2.32. The third-order valence-electron chi connectivity index (χ3n) is 3.70. The van der Waals surface area contributed by atoms with Crippen LogP contribution in [0.3, 0.4) is 0 Å². The SMILES string of the molecule is O=C(Nc1ccc(NS(=O)(=O)c2cc(Cl)c(Cl)cc2Cl)cc1)c1ccccc1. The molecule has 0 bridgehead atoms. The van der Waals surface area contributed by atoms with Crippen LogP contribution in [-0.2, 0) is 10.0 Å². The first-order valence-electron chi connectivity index (χ1n) is 7.90. The molecule has 0 atom stereocenters. The molecule has 3 aromatic carbocycles. The fraction of sp³-hybridized carbons (Fsp3) is 0. The lowest BCUT2D eigenvalue weighted by molar-refractivity contribution is 0.102. The van der Waals surface area contributed by atoms with Crippen LogP contribution in [0.4, 0.5) is 11.4 Å². The first-order chi connectivity index (χ1) is 13.3. The number of carbonyl (C=O) groups is 1. The van der Waals surface area contributed by atoms with Crippen LogP contribution in [0, 0.1) is 0 Å². The summed E-state index contributed by atoms with van der Waals surface area (Å²) in [5.41, 5.74) is 1.32. The maximum Gasteiger partial charge on any atom is 0.263 e. The molecular formula is C19H13Cl3N2O3S. The van der Waals surface area contributed by atoms with E-state index in [4.69, 9.17) is 34.8 Å². The minimum atomic E-state index is -3.97. The zero-order valence-corrected chi connectivity index (χ0v) is 17.2. The quantitative estimate of drug-likeness (QED) is 0.485. The molecule has 0 aliphatic carbocycles.